The molecule has 0 aliphatic carbocycles. The van der Waals surface area contributed by atoms with Crippen LogP contribution in [0.4, 0.5) is 5.69 Å². The lowest BCUT2D eigenvalue weighted by Crippen LogP contribution is -2.14. The Morgan fingerprint density at radius 3 is 2.71 bits per heavy atom. The third-order valence-electron chi connectivity index (χ3n) is 3.88. The van der Waals surface area contributed by atoms with Crippen molar-refractivity contribution in [3.05, 3.63) is 70.0 Å². The van der Waals surface area contributed by atoms with Crippen LogP contribution in [0.2, 0.25) is 0 Å². The lowest BCUT2D eigenvalue weighted by atomic mass is 10.3. The van der Waals surface area contributed by atoms with Gasteiger partial charge >= 0.3 is 0 Å². The SMILES string of the molecule is O=C(CSc1ncnc2c1cnn2-c1ccccc1)Nc1ccc(Br)cc1Br. The average molecular weight is 519 g/mol. The molecule has 2 heterocycles. The van der Waals surface area contributed by atoms with Crippen molar-refractivity contribution >= 4 is 66.2 Å². The fraction of sp³-hybridized carbons (Fsp3) is 0.0526. The molecule has 0 radical (unpaired) electrons. The van der Waals surface area contributed by atoms with Gasteiger partial charge in [-0.25, -0.2) is 14.6 Å². The number of amides is 1. The number of nitrogens with one attached hydrogen (secondary N) is 1. The summed E-state index contributed by atoms with van der Waals surface area (Å²) in [7, 11) is 0. The van der Waals surface area contributed by atoms with Gasteiger partial charge in [0.1, 0.15) is 11.4 Å². The molecule has 0 atom stereocenters. The zero-order valence-corrected chi connectivity index (χ0v) is 18.3. The van der Waals surface area contributed by atoms with Gasteiger partial charge in [0.05, 0.1) is 28.7 Å². The van der Waals surface area contributed by atoms with Crippen LogP contribution in [0.1, 0.15) is 0 Å². The first kappa shape index (κ1) is 19.1. The Morgan fingerprint density at radius 1 is 1.11 bits per heavy atom. The van der Waals surface area contributed by atoms with Crippen LogP contribution >= 0.6 is 43.6 Å². The first-order valence-electron chi connectivity index (χ1n) is 8.23. The second kappa shape index (κ2) is 8.42. The molecule has 0 unspecified atom stereocenters. The molecule has 1 amide bonds. The van der Waals surface area contributed by atoms with E-state index in [2.05, 4.69) is 52.2 Å². The van der Waals surface area contributed by atoms with Gasteiger partial charge in [0, 0.05) is 8.95 Å². The molecular formula is C19H13Br2N5OS. The molecule has 0 aliphatic rings. The molecular weight excluding hydrogens is 506 g/mol. The topological polar surface area (TPSA) is 72.7 Å². The average Bonchev–Trinajstić information content (AvgIpc) is 3.14. The molecule has 1 N–H and O–H groups in total. The van der Waals surface area contributed by atoms with Crippen LogP contribution in [0.5, 0.6) is 0 Å². The number of anilines is 1. The van der Waals surface area contributed by atoms with Crippen LogP contribution in [-0.2, 0) is 4.79 Å². The van der Waals surface area contributed by atoms with Gasteiger partial charge in [-0.2, -0.15) is 5.10 Å². The molecule has 6 nitrogen and oxygen atoms in total. The zero-order valence-electron chi connectivity index (χ0n) is 14.3. The smallest absolute Gasteiger partial charge is 0.234 e. The van der Waals surface area contributed by atoms with E-state index in [1.165, 1.54) is 18.1 Å². The number of nitrogens with zero attached hydrogens (tertiary/aromatic N) is 4. The minimum absolute atomic E-state index is 0.116. The van der Waals surface area contributed by atoms with Gasteiger partial charge in [-0.1, -0.05) is 45.9 Å². The van der Waals surface area contributed by atoms with Crippen molar-refractivity contribution in [2.45, 2.75) is 5.03 Å². The van der Waals surface area contributed by atoms with E-state index >= 15 is 0 Å². The Bertz CT molecular complexity index is 1150. The molecule has 0 spiro atoms. The number of benzene rings is 2. The summed E-state index contributed by atoms with van der Waals surface area (Å²) in [6.07, 6.45) is 3.23. The van der Waals surface area contributed by atoms with E-state index in [1.807, 2.05) is 48.5 Å². The molecule has 140 valence electrons. The van der Waals surface area contributed by atoms with E-state index in [9.17, 15) is 4.79 Å². The van der Waals surface area contributed by atoms with Crippen molar-refractivity contribution in [2.75, 3.05) is 11.1 Å². The summed E-state index contributed by atoms with van der Waals surface area (Å²) in [5.41, 5.74) is 2.35. The molecule has 0 saturated carbocycles. The number of carbonyl (C=O) groups excluding carboxylic acids is 1. The van der Waals surface area contributed by atoms with E-state index < -0.39 is 0 Å². The second-order valence-electron chi connectivity index (χ2n) is 5.77. The highest BCUT2D eigenvalue weighted by molar-refractivity contribution is 9.11. The highest BCUT2D eigenvalue weighted by atomic mass is 79.9. The van der Waals surface area contributed by atoms with Crippen molar-refractivity contribution in [1.82, 2.24) is 19.7 Å². The number of carbonyl (C=O) groups is 1. The third kappa shape index (κ3) is 4.11. The summed E-state index contributed by atoms with van der Waals surface area (Å²) in [4.78, 5) is 21.0. The largest absolute Gasteiger partial charge is 0.324 e. The van der Waals surface area contributed by atoms with Crippen LogP contribution in [0.25, 0.3) is 16.7 Å². The predicted octanol–water partition coefficient (Wildman–Crippen LogP) is 5.07. The number of rotatable bonds is 5. The Hall–Kier alpha value is -2.23. The molecule has 0 aliphatic heterocycles. The number of hydrogen-bond acceptors (Lipinski definition) is 5. The Labute approximate surface area is 182 Å². The first-order chi connectivity index (χ1) is 13.6. The standard InChI is InChI=1S/C19H13Br2N5OS/c20-12-6-7-16(15(21)8-12)25-17(27)10-28-19-14-9-24-26(18(14)22-11-23-19)13-4-2-1-3-5-13/h1-9,11H,10H2,(H,25,27). The summed E-state index contributed by atoms with van der Waals surface area (Å²) in [5, 5.41) is 8.86. The number of aromatic nitrogens is 4. The van der Waals surface area contributed by atoms with E-state index in [4.69, 9.17) is 0 Å². The number of thioether (sulfide) groups is 1. The fourth-order valence-electron chi connectivity index (χ4n) is 2.61. The third-order valence-corrected chi connectivity index (χ3v) is 6.03. The minimum atomic E-state index is -0.116. The van der Waals surface area contributed by atoms with Gasteiger partial charge in [0.15, 0.2) is 5.65 Å². The van der Waals surface area contributed by atoms with E-state index in [0.717, 1.165) is 30.7 Å². The fourth-order valence-corrected chi connectivity index (χ4v) is 4.51. The van der Waals surface area contributed by atoms with Gasteiger partial charge in [-0.05, 0) is 46.3 Å². The normalized spacial score (nSPS) is 10.9. The number of fused-ring (bicyclic) bond motifs is 1. The van der Waals surface area contributed by atoms with Gasteiger partial charge in [0.2, 0.25) is 5.91 Å². The van der Waals surface area contributed by atoms with E-state index in [1.54, 1.807) is 10.9 Å². The number of hydrogen-bond donors (Lipinski definition) is 1. The Balaban J connectivity index is 1.51. The highest BCUT2D eigenvalue weighted by Crippen LogP contribution is 2.28. The molecule has 4 rings (SSSR count). The summed E-state index contributed by atoms with van der Waals surface area (Å²) < 4.78 is 3.51. The maximum absolute atomic E-state index is 12.4. The lowest BCUT2D eigenvalue weighted by Gasteiger charge is -2.08. The highest BCUT2D eigenvalue weighted by Gasteiger charge is 2.13. The lowest BCUT2D eigenvalue weighted by molar-refractivity contribution is -0.113. The first-order valence-corrected chi connectivity index (χ1v) is 10.8. The Morgan fingerprint density at radius 2 is 1.93 bits per heavy atom. The van der Waals surface area contributed by atoms with Gasteiger partial charge in [-0.3, -0.25) is 4.79 Å². The second-order valence-corrected chi connectivity index (χ2v) is 8.50. The maximum Gasteiger partial charge on any atom is 0.234 e. The molecule has 2 aromatic carbocycles. The minimum Gasteiger partial charge on any atom is -0.324 e. The summed E-state index contributed by atoms with van der Waals surface area (Å²) in [6.45, 7) is 0. The summed E-state index contributed by atoms with van der Waals surface area (Å²) in [6, 6.07) is 15.4. The molecule has 28 heavy (non-hydrogen) atoms. The van der Waals surface area contributed by atoms with Crippen molar-refractivity contribution < 1.29 is 4.79 Å². The predicted molar refractivity (Wildman–Crippen MR) is 118 cm³/mol. The number of halogens is 2. The molecule has 2 aromatic heterocycles. The van der Waals surface area contributed by atoms with Crippen LogP contribution in [-0.4, -0.2) is 31.4 Å². The monoisotopic (exact) mass is 517 g/mol. The van der Waals surface area contributed by atoms with Gasteiger partial charge < -0.3 is 5.32 Å². The van der Waals surface area contributed by atoms with Crippen molar-refractivity contribution in [3.63, 3.8) is 0 Å². The molecule has 4 aromatic rings. The van der Waals surface area contributed by atoms with E-state index in [-0.39, 0.29) is 11.7 Å². The van der Waals surface area contributed by atoms with Crippen molar-refractivity contribution in [3.8, 4) is 5.69 Å². The summed E-state index contributed by atoms with van der Waals surface area (Å²) >= 11 is 8.20. The van der Waals surface area contributed by atoms with Crippen molar-refractivity contribution in [1.29, 1.82) is 0 Å². The van der Waals surface area contributed by atoms with Crippen molar-refractivity contribution in [2.24, 2.45) is 0 Å². The Kier molecular flexibility index (Phi) is 5.74. The molecule has 0 bridgehead atoms. The summed E-state index contributed by atoms with van der Waals surface area (Å²) in [5.74, 6) is 0.112. The number of para-hydroxylation sites is 1. The van der Waals surface area contributed by atoms with Crippen LogP contribution in [0.15, 0.2) is 75.0 Å². The van der Waals surface area contributed by atoms with Gasteiger partial charge in [0.25, 0.3) is 0 Å². The van der Waals surface area contributed by atoms with Crippen LogP contribution in [0.3, 0.4) is 0 Å². The van der Waals surface area contributed by atoms with Gasteiger partial charge in [-0.15, -0.1) is 0 Å². The quantitative estimate of drug-likeness (QED) is 0.295. The maximum atomic E-state index is 12.4. The molecule has 0 saturated heterocycles. The van der Waals surface area contributed by atoms with Crippen LogP contribution < -0.4 is 5.32 Å². The molecule has 0 fully saturated rings. The van der Waals surface area contributed by atoms with Crippen LogP contribution in [0, 0.1) is 0 Å². The van der Waals surface area contributed by atoms with E-state index in [0.29, 0.717) is 5.65 Å². The zero-order chi connectivity index (χ0) is 19.5. The molecule has 9 heteroatoms.